The van der Waals surface area contributed by atoms with Crippen LogP contribution in [0.2, 0.25) is 0 Å². The van der Waals surface area contributed by atoms with Crippen LogP contribution >= 0.6 is 0 Å². The zero-order chi connectivity index (χ0) is 14.5. The summed E-state index contributed by atoms with van der Waals surface area (Å²) >= 11 is 0. The van der Waals surface area contributed by atoms with E-state index in [0.29, 0.717) is 18.2 Å². The second-order valence-electron chi connectivity index (χ2n) is 5.00. The van der Waals surface area contributed by atoms with Gasteiger partial charge in [-0.15, -0.1) is 0 Å². The van der Waals surface area contributed by atoms with Gasteiger partial charge in [-0.1, -0.05) is 32.0 Å². The zero-order valence-corrected chi connectivity index (χ0v) is 11.6. The minimum Gasteiger partial charge on any atom is -0.354 e. The molecule has 0 saturated carbocycles. The van der Waals surface area contributed by atoms with E-state index in [1.54, 1.807) is 0 Å². The van der Waals surface area contributed by atoms with Crippen molar-refractivity contribution in [3.8, 4) is 0 Å². The summed E-state index contributed by atoms with van der Waals surface area (Å²) in [5.41, 5.74) is 1.10. The molecule has 0 aliphatic heterocycles. The number of H-pyrrole nitrogens is 1. The van der Waals surface area contributed by atoms with E-state index in [1.165, 1.54) is 0 Å². The monoisotopic (exact) mass is 274 g/mol. The number of carbonyl (C=O) groups is 2. The fourth-order valence-electron chi connectivity index (χ4n) is 1.76. The molecule has 0 aliphatic rings. The number of fused-ring (bicyclic) bond motifs is 1. The minimum absolute atomic E-state index is 0.0489. The Kier molecular flexibility index (Phi) is 4.34. The van der Waals surface area contributed by atoms with Gasteiger partial charge in [0.15, 0.2) is 5.69 Å². The Bertz CT molecular complexity index is 618. The number of benzene rings is 1. The number of para-hydroxylation sites is 1. The quantitative estimate of drug-likeness (QED) is 0.762. The van der Waals surface area contributed by atoms with Crippen molar-refractivity contribution in [2.45, 2.75) is 13.8 Å². The number of carbonyl (C=O) groups excluding carboxylic acids is 2. The second-order valence-corrected chi connectivity index (χ2v) is 5.00. The molecule has 6 heteroatoms. The molecule has 1 heterocycles. The maximum absolute atomic E-state index is 12.0. The molecule has 20 heavy (non-hydrogen) atoms. The van der Waals surface area contributed by atoms with E-state index < -0.39 is 0 Å². The van der Waals surface area contributed by atoms with Crippen LogP contribution in [-0.4, -0.2) is 35.1 Å². The first kappa shape index (κ1) is 14.0. The Morgan fingerprint density at radius 2 is 2.00 bits per heavy atom. The van der Waals surface area contributed by atoms with Crippen molar-refractivity contribution in [1.82, 2.24) is 20.8 Å². The molecular weight excluding hydrogens is 256 g/mol. The van der Waals surface area contributed by atoms with Crippen LogP contribution in [-0.2, 0) is 4.79 Å². The van der Waals surface area contributed by atoms with Crippen LogP contribution in [0.25, 0.3) is 10.9 Å². The Labute approximate surface area is 116 Å². The lowest BCUT2D eigenvalue weighted by Crippen LogP contribution is -2.38. The first-order valence-electron chi connectivity index (χ1n) is 6.56. The highest BCUT2D eigenvalue weighted by Crippen LogP contribution is 2.14. The van der Waals surface area contributed by atoms with E-state index in [2.05, 4.69) is 20.8 Å². The molecular formula is C14H18N4O2. The molecule has 0 fully saturated rings. The van der Waals surface area contributed by atoms with Gasteiger partial charge >= 0.3 is 0 Å². The van der Waals surface area contributed by atoms with E-state index in [4.69, 9.17) is 0 Å². The standard InChI is InChI=1S/C14H18N4O2/c1-9(2)7-15-12(19)8-16-14(20)13-10-5-3-4-6-11(10)17-18-13/h3-6,9H,7-8H2,1-2H3,(H,15,19)(H,16,20)(H,17,18). The van der Waals surface area contributed by atoms with E-state index in [-0.39, 0.29) is 18.4 Å². The van der Waals surface area contributed by atoms with Gasteiger partial charge in [-0.3, -0.25) is 14.7 Å². The lowest BCUT2D eigenvalue weighted by atomic mass is 10.2. The van der Waals surface area contributed by atoms with Crippen molar-refractivity contribution in [2.75, 3.05) is 13.1 Å². The summed E-state index contributed by atoms with van der Waals surface area (Å²) in [7, 11) is 0. The lowest BCUT2D eigenvalue weighted by molar-refractivity contribution is -0.120. The first-order chi connectivity index (χ1) is 9.58. The Balaban J connectivity index is 1.94. The number of aromatic amines is 1. The van der Waals surface area contributed by atoms with Gasteiger partial charge in [-0.2, -0.15) is 5.10 Å². The summed E-state index contributed by atoms with van der Waals surface area (Å²) in [5, 5.41) is 12.8. The molecule has 6 nitrogen and oxygen atoms in total. The molecule has 0 bridgehead atoms. The Morgan fingerprint density at radius 1 is 1.25 bits per heavy atom. The second kappa shape index (κ2) is 6.18. The highest BCUT2D eigenvalue weighted by Gasteiger charge is 2.14. The number of nitrogens with zero attached hydrogens (tertiary/aromatic N) is 1. The summed E-state index contributed by atoms with van der Waals surface area (Å²) in [4.78, 5) is 23.5. The SMILES string of the molecule is CC(C)CNC(=O)CNC(=O)c1n[nH]c2ccccc12. The molecule has 3 N–H and O–H groups in total. The maximum atomic E-state index is 12.0. The molecule has 0 radical (unpaired) electrons. The normalized spacial score (nSPS) is 10.8. The fourth-order valence-corrected chi connectivity index (χ4v) is 1.76. The molecule has 1 aromatic heterocycles. The van der Waals surface area contributed by atoms with E-state index in [1.807, 2.05) is 38.1 Å². The predicted octanol–water partition coefficient (Wildman–Crippen LogP) is 1.06. The molecule has 106 valence electrons. The highest BCUT2D eigenvalue weighted by atomic mass is 16.2. The smallest absolute Gasteiger partial charge is 0.272 e. The van der Waals surface area contributed by atoms with Gasteiger partial charge in [-0.05, 0) is 12.0 Å². The number of rotatable bonds is 5. The summed E-state index contributed by atoms with van der Waals surface area (Å²) < 4.78 is 0. The number of hydrogen-bond donors (Lipinski definition) is 3. The van der Waals surface area contributed by atoms with Crippen molar-refractivity contribution in [3.63, 3.8) is 0 Å². The molecule has 1 aromatic carbocycles. The topological polar surface area (TPSA) is 86.9 Å². The number of amides is 2. The van der Waals surface area contributed by atoms with Gasteiger partial charge in [0, 0.05) is 11.9 Å². The number of hydrogen-bond acceptors (Lipinski definition) is 3. The lowest BCUT2D eigenvalue weighted by Gasteiger charge is -2.08. The first-order valence-corrected chi connectivity index (χ1v) is 6.56. The summed E-state index contributed by atoms with van der Waals surface area (Å²) in [6.07, 6.45) is 0. The summed E-state index contributed by atoms with van der Waals surface area (Å²) in [6.45, 7) is 4.57. The summed E-state index contributed by atoms with van der Waals surface area (Å²) in [6, 6.07) is 7.35. The van der Waals surface area contributed by atoms with Gasteiger partial charge in [0.2, 0.25) is 5.91 Å². The molecule has 0 saturated heterocycles. The van der Waals surface area contributed by atoms with Crippen molar-refractivity contribution in [2.24, 2.45) is 5.92 Å². The van der Waals surface area contributed by atoms with Gasteiger partial charge in [0.1, 0.15) is 0 Å². The molecule has 0 spiro atoms. The average Bonchev–Trinajstić information content (AvgIpc) is 2.86. The van der Waals surface area contributed by atoms with Crippen molar-refractivity contribution in [3.05, 3.63) is 30.0 Å². The van der Waals surface area contributed by atoms with E-state index in [0.717, 1.165) is 10.9 Å². The molecule has 2 aromatic rings. The highest BCUT2D eigenvalue weighted by molar-refractivity contribution is 6.05. The fraction of sp³-hybridized carbons (Fsp3) is 0.357. The third kappa shape index (κ3) is 3.34. The Hall–Kier alpha value is -2.37. The van der Waals surface area contributed by atoms with Gasteiger partial charge < -0.3 is 10.6 Å². The van der Waals surface area contributed by atoms with Crippen LogP contribution < -0.4 is 10.6 Å². The van der Waals surface area contributed by atoms with E-state index in [9.17, 15) is 9.59 Å². The van der Waals surface area contributed by atoms with Gasteiger partial charge in [-0.25, -0.2) is 0 Å². The number of nitrogens with one attached hydrogen (secondary N) is 3. The molecule has 2 amide bonds. The van der Waals surface area contributed by atoms with Gasteiger partial charge in [0.05, 0.1) is 12.1 Å². The van der Waals surface area contributed by atoms with Crippen molar-refractivity contribution < 1.29 is 9.59 Å². The largest absolute Gasteiger partial charge is 0.354 e. The average molecular weight is 274 g/mol. The van der Waals surface area contributed by atoms with Crippen LogP contribution in [0, 0.1) is 5.92 Å². The maximum Gasteiger partial charge on any atom is 0.272 e. The zero-order valence-electron chi connectivity index (χ0n) is 11.6. The molecule has 2 rings (SSSR count). The molecule has 0 atom stereocenters. The minimum atomic E-state index is -0.359. The number of aromatic nitrogens is 2. The molecule has 0 aliphatic carbocycles. The summed E-state index contributed by atoms with van der Waals surface area (Å²) in [5.74, 6) is -0.182. The van der Waals surface area contributed by atoms with Gasteiger partial charge in [0.25, 0.3) is 5.91 Å². The van der Waals surface area contributed by atoms with E-state index >= 15 is 0 Å². The predicted molar refractivity (Wildman–Crippen MR) is 76.3 cm³/mol. The van der Waals surface area contributed by atoms with Crippen LogP contribution in [0.5, 0.6) is 0 Å². The van der Waals surface area contributed by atoms with Crippen molar-refractivity contribution in [1.29, 1.82) is 0 Å². The van der Waals surface area contributed by atoms with Crippen LogP contribution in [0.4, 0.5) is 0 Å². The third-order valence-corrected chi connectivity index (χ3v) is 2.80. The third-order valence-electron chi connectivity index (χ3n) is 2.80. The van der Waals surface area contributed by atoms with Crippen molar-refractivity contribution >= 4 is 22.7 Å². The molecule has 0 unspecified atom stereocenters. The van der Waals surface area contributed by atoms with Crippen LogP contribution in [0.15, 0.2) is 24.3 Å². The Morgan fingerprint density at radius 3 is 2.75 bits per heavy atom. The van der Waals surface area contributed by atoms with Crippen LogP contribution in [0.1, 0.15) is 24.3 Å². The van der Waals surface area contributed by atoms with Crippen LogP contribution in [0.3, 0.4) is 0 Å².